The number of esters is 2. The lowest BCUT2D eigenvalue weighted by atomic mass is 9.75. The first-order valence-electron chi connectivity index (χ1n) is 12.0. The number of hydrogen-bond donors (Lipinski definition) is 2. The first kappa shape index (κ1) is 26.1. The number of nitrogens with zero attached hydrogens (tertiary/aromatic N) is 2. The maximum atomic E-state index is 13.0. The zero-order valence-corrected chi connectivity index (χ0v) is 22.0. The van der Waals surface area contributed by atoms with Crippen molar-refractivity contribution in [2.24, 2.45) is 10.9 Å². The Morgan fingerprint density at radius 2 is 1.78 bits per heavy atom. The predicted octanol–water partition coefficient (Wildman–Crippen LogP) is 5.83. The lowest BCUT2D eigenvalue weighted by Crippen LogP contribution is -2.36. The average molecular weight is 520 g/mol. The predicted molar refractivity (Wildman–Crippen MR) is 144 cm³/mol. The van der Waals surface area contributed by atoms with Crippen molar-refractivity contribution in [3.05, 3.63) is 70.7 Å². The second-order valence-electron chi connectivity index (χ2n) is 8.52. The number of phenolic OH excluding ortho intramolecular Hbond substituents is 1. The van der Waals surface area contributed by atoms with Gasteiger partial charge in [-0.15, -0.1) is 11.3 Å². The molecule has 1 aliphatic rings. The van der Waals surface area contributed by atoms with Gasteiger partial charge in [-0.3, -0.25) is 9.79 Å². The number of phenols is 1. The van der Waals surface area contributed by atoms with Crippen molar-refractivity contribution in [1.82, 2.24) is 4.98 Å². The summed E-state index contributed by atoms with van der Waals surface area (Å²) < 4.78 is 10.7. The van der Waals surface area contributed by atoms with Crippen LogP contribution in [0.3, 0.4) is 0 Å². The molecule has 192 valence electrons. The fraction of sp³-hybridized carbons (Fsp3) is 0.286. The third-order valence-electron chi connectivity index (χ3n) is 6.03. The van der Waals surface area contributed by atoms with Crippen molar-refractivity contribution in [2.45, 2.75) is 33.6 Å². The van der Waals surface area contributed by atoms with Crippen LogP contribution in [0.15, 0.2) is 70.2 Å². The van der Waals surface area contributed by atoms with Gasteiger partial charge in [0.15, 0.2) is 5.13 Å². The van der Waals surface area contributed by atoms with E-state index >= 15 is 0 Å². The molecule has 0 radical (unpaired) electrons. The maximum absolute atomic E-state index is 13.0. The summed E-state index contributed by atoms with van der Waals surface area (Å²) >= 11 is 1.45. The number of hydrogen-bond acceptors (Lipinski definition) is 9. The molecule has 2 heterocycles. The van der Waals surface area contributed by atoms with E-state index in [1.54, 1.807) is 39.8 Å². The molecule has 0 saturated carbocycles. The molecule has 1 aliphatic heterocycles. The van der Waals surface area contributed by atoms with Crippen molar-refractivity contribution < 1.29 is 24.2 Å². The fourth-order valence-electron chi connectivity index (χ4n) is 4.44. The van der Waals surface area contributed by atoms with E-state index in [2.05, 4.69) is 15.3 Å². The van der Waals surface area contributed by atoms with E-state index in [0.29, 0.717) is 22.1 Å². The van der Waals surface area contributed by atoms with Gasteiger partial charge in [0, 0.05) is 34.0 Å². The number of rotatable bonds is 8. The monoisotopic (exact) mass is 519 g/mol. The fourth-order valence-corrected chi connectivity index (χ4v) is 5.18. The van der Waals surface area contributed by atoms with Gasteiger partial charge in [-0.2, -0.15) is 0 Å². The summed E-state index contributed by atoms with van der Waals surface area (Å²) in [6.07, 6.45) is 0. The van der Waals surface area contributed by atoms with E-state index in [-0.39, 0.29) is 19.0 Å². The van der Waals surface area contributed by atoms with Crippen LogP contribution < -0.4 is 5.32 Å². The molecule has 3 aromatic rings. The minimum atomic E-state index is -0.751. The molecule has 4 rings (SSSR count). The molecule has 0 amide bonds. The van der Waals surface area contributed by atoms with Gasteiger partial charge in [-0.1, -0.05) is 12.1 Å². The standard InChI is InChI=1S/C28H29N3O5S/c1-5-35-26(33)23-16(3)29-17(4)24(27(34)36-6-2)25(23)19-8-7-9-20(14-19)30-28-31-22(15-37-28)18-10-12-21(32)13-11-18/h7-15,23,25,32H,5-6H2,1-4H3,(H,30,31). The van der Waals surface area contributed by atoms with E-state index in [1.165, 1.54) is 11.3 Å². The summed E-state index contributed by atoms with van der Waals surface area (Å²) in [6.45, 7) is 7.47. The van der Waals surface area contributed by atoms with Crippen LogP contribution in [0.1, 0.15) is 39.2 Å². The van der Waals surface area contributed by atoms with Gasteiger partial charge in [-0.05, 0) is 69.7 Å². The van der Waals surface area contributed by atoms with E-state index in [1.807, 2.05) is 41.8 Å². The van der Waals surface area contributed by atoms with Crippen LogP contribution in [0.25, 0.3) is 11.3 Å². The van der Waals surface area contributed by atoms with Gasteiger partial charge >= 0.3 is 11.9 Å². The number of nitrogens with one attached hydrogen (secondary N) is 1. The Morgan fingerprint density at radius 3 is 2.49 bits per heavy atom. The Labute approximate surface area is 219 Å². The summed E-state index contributed by atoms with van der Waals surface area (Å²) in [7, 11) is 0. The van der Waals surface area contributed by atoms with Gasteiger partial charge in [0.05, 0.1) is 24.5 Å². The average Bonchev–Trinajstić information content (AvgIpc) is 3.32. The Hall–Kier alpha value is -3.98. The Bertz CT molecular complexity index is 1360. The van der Waals surface area contributed by atoms with Crippen LogP contribution in [0, 0.1) is 5.92 Å². The number of aliphatic imine (C=N–C) groups is 1. The van der Waals surface area contributed by atoms with Crippen molar-refractivity contribution in [3.8, 4) is 17.0 Å². The van der Waals surface area contributed by atoms with Gasteiger partial charge in [0.2, 0.25) is 0 Å². The number of carbonyl (C=O) groups is 2. The first-order chi connectivity index (χ1) is 17.8. The molecule has 2 N–H and O–H groups in total. The minimum absolute atomic E-state index is 0.199. The second kappa shape index (κ2) is 11.4. The van der Waals surface area contributed by atoms with E-state index < -0.39 is 23.8 Å². The number of anilines is 2. The van der Waals surface area contributed by atoms with Gasteiger partial charge in [-0.25, -0.2) is 9.78 Å². The lowest BCUT2D eigenvalue weighted by molar-refractivity contribution is -0.146. The zero-order valence-electron chi connectivity index (χ0n) is 21.1. The highest BCUT2D eigenvalue weighted by molar-refractivity contribution is 7.14. The number of aromatic nitrogens is 1. The molecule has 1 aromatic heterocycles. The van der Waals surface area contributed by atoms with Gasteiger partial charge < -0.3 is 19.9 Å². The molecule has 8 nitrogen and oxygen atoms in total. The zero-order chi connectivity index (χ0) is 26.5. The van der Waals surface area contributed by atoms with Crippen molar-refractivity contribution in [2.75, 3.05) is 18.5 Å². The highest BCUT2D eigenvalue weighted by atomic mass is 32.1. The third kappa shape index (κ3) is 5.72. The normalized spacial score (nSPS) is 17.2. The SMILES string of the molecule is CCOC(=O)C1=C(C)N=C(C)C(C(=O)OCC)C1c1cccc(Nc2nc(-c3ccc(O)cc3)cs2)c1. The number of ether oxygens (including phenoxy) is 2. The molecule has 9 heteroatoms. The van der Waals surface area contributed by atoms with E-state index in [4.69, 9.17) is 9.47 Å². The van der Waals surface area contributed by atoms with Crippen LogP contribution >= 0.6 is 11.3 Å². The number of aromatic hydroxyl groups is 1. The highest BCUT2D eigenvalue weighted by Crippen LogP contribution is 2.41. The number of allylic oxidation sites excluding steroid dienone is 1. The number of benzene rings is 2. The van der Waals surface area contributed by atoms with E-state index in [0.717, 1.165) is 22.5 Å². The van der Waals surface area contributed by atoms with Crippen LogP contribution in [0.4, 0.5) is 10.8 Å². The van der Waals surface area contributed by atoms with Crippen molar-refractivity contribution >= 4 is 39.8 Å². The summed E-state index contributed by atoms with van der Waals surface area (Å²) in [4.78, 5) is 35.2. The van der Waals surface area contributed by atoms with Crippen LogP contribution in [0.2, 0.25) is 0 Å². The Balaban J connectivity index is 1.68. The quantitative estimate of drug-likeness (QED) is 0.360. The molecule has 37 heavy (non-hydrogen) atoms. The summed E-state index contributed by atoms with van der Waals surface area (Å²) in [5, 5.41) is 15.5. The summed E-state index contributed by atoms with van der Waals surface area (Å²) in [5.41, 5.74) is 4.66. The highest BCUT2D eigenvalue weighted by Gasteiger charge is 2.42. The van der Waals surface area contributed by atoms with Crippen LogP contribution in [-0.4, -0.2) is 41.0 Å². The second-order valence-corrected chi connectivity index (χ2v) is 9.37. The molecule has 0 aliphatic carbocycles. The molecule has 0 spiro atoms. The smallest absolute Gasteiger partial charge is 0.336 e. The topological polar surface area (TPSA) is 110 Å². The molecule has 2 aromatic carbocycles. The van der Waals surface area contributed by atoms with Crippen LogP contribution in [0.5, 0.6) is 5.75 Å². The molecule has 2 atom stereocenters. The lowest BCUT2D eigenvalue weighted by Gasteiger charge is -2.31. The Morgan fingerprint density at radius 1 is 1.05 bits per heavy atom. The molecular weight excluding hydrogens is 490 g/mol. The van der Waals surface area contributed by atoms with Gasteiger partial charge in [0.25, 0.3) is 0 Å². The summed E-state index contributed by atoms with van der Waals surface area (Å²) in [6, 6.07) is 14.4. The van der Waals surface area contributed by atoms with Gasteiger partial charge in [0.1, 0.15) is 11.7 Å². The van der Waals surface area contributed by atoms with Crippen LogP contribution in [-0.2, 0) is 19.1 Å². The molecule has 0 saturated heterocycles. The molecule has 0 bridgehead atoms. The maximum Gasteiger partial charge on any atom is 0.336 e. The molecule has 2 unspecified atom stereocenters. The Kier molecular flexibility index (Phi) is 8.03. The minimum Gasteiger partial charge on any atom is -0.508 e. The van der Waals surface area contributed by atoms with Crippen molar-refractivity contribution in [3.63, 3.8) is 0 Å². The number of carbonyl (C=O) groups excluding carboxylic acids is 2. The first-order valence-corrected chi connectivity index (χ1v) is 12.9. The largest absolute Gasteiger partial charge is 0.508 e. The molecular formula is C28H29N3O5S. The number of thiazole rings is 1. The van der Waals surface area contributed by atoms with E-state index in [9.17, 15) is 14.7 Å². The van der Waals surface area contributed by atoms with Crippen molar-refractivity contribution in [1.29, 1.82) is 0 Å². The summed E-state index contributed by atoms with van der Waals surface area (Å²) in [5.74, 6) is -2.09. The third-order valence-corrected chi connectivity index (χ3v) is 6.79. The molecule has 0 fully saturated rings.